The maximum atomic E-state index is 10.5. The van der Waals surface area contributed by atoms with Crippen molar-refractivity contribution in [3.8, 4) is 0 Å². The molecule has 1 aliphatic carbocycles. The fourth-order valence-electron chi connectivity index (χ4n) is 5.89. The first-order valence-corrected chi connectivity index (χ1v) is 16.8. The first kappa shape index (κ1) is 31.3. The van der Waals surface area contributed by atoms with E-state index in [1.807, 2.05) is 13.8 Å². The summed E-state index contributed by atoms with van der Waals surface area (Å²) in [5.41, 5.74) is 3.88. The van der Waals surface area contributed by atoms with Gasteiger partial charge in [-0.15, -0.1) is 0 Å². The molecular formula is C31H40N2O6S2. The van der Waals surface area contributed by atoms with E-state index in [1.165, 1.54) is 68.6 Å². The Morgan fingerprint density at radius 2 is 1.20 bits per heavy atom. The minimum absolute atomic E-state index is 0.0666. The van der Waals surface area contributed by atoms with Gasteiger partial charge in [-0.2, -0.15) is 16.8 Å². The monoisotopic (exact) mass is 600 g/mol. The molecule has 2 bridgehead atoms. The lowest BCUT2D eigenvalue weighted by atomic mass is 9.76. The van der Waals surface area contributed by atoms with Gasteiger partial charge in [0.25, 0.3) is 20.2 Å². The van der Waals surface area contributed by atoms with Gasteiger partial charge in [-0.25, -0.2) is 0 Å². The SMILES string of the molecule is C[C@@H](N[C@@H]1C2CCN(CC2)C12CC2)c1ccccc1.Cc1ccc(S(=O)(=O)O)cc1.Cc1ccc(S(=O)(=O)O)cc1. The Hall–Kier alpha value is -2.60. The summed E-state index contributed by atoms with van der Waals surface area (Å²) in [4.78, 5) is 2.65. The van der Waals surface area contributed by atoms with Crippen molar-refractivity contribution in [1.82, 2.24) is 10.2 Å². The van der Waals surface area contributed by atoms with Crippen molar-refractivity contribution in [3.63, 3.8) is 0 Å². The van der Waals surface area contributed by atoms with E-state index in [4.69, 9.17) is 9.11 Å². The third-order valence-electron chi connectivity index (χ3n) is 8.35. The van der Waals surface area contributed by atoms with Crippen LogP contribution in [0.2, 0.25) is 0 Å². The number of aryl methyl sites for hydroxylation is 2. The van der Waals surface area contributed by atoms with Crippen LogP contribution in [0.5, 0.6) is 0 Å². The Morgan fingerprint density at radius 1 is 0.756 bits per heavy atom. The van der Waals surface area contributed by atoms with Gasteiger partial charge in [0.2, 0.25) is 0 Å². The van der Waals surface area contributed by atoms with Gasteiger partial charge in [-0.05, 0) is 95.3 Å². The topological polar surface area (TPSA) is 124 Å². The van der Waals surface area contributed by atoms with Gasteiger partial charge < -0.3 is 5.32 Å². The van der Waals surface area contributed by atoms with Gasteiger partial charge in [0, 0.05) is 17.6 Å². The molecule has 3 N–H and O–H groups in total. The van der Waals surface area contributed by atoms with Crippen LogP contribution in [-0.2, 0) is 20.2 Å². The summed E-state index contributed by atoms with van der Waals surface area (Å²) < 4.78 is 59.1. The van der Waals surface area contributed by atoms with Crippen LogP contribution < -0.4 is 5.32 Å². The second-order valence-electron chi connectivity index (χ2n) is 11.3. The van der Waals surface area contributed by atoms with Crippen LogP contribution in [0.25, 0.3) is 0 Å². The Balaban J connectivity index is 0.000000153. The molecule has 0 amide bonds. The molecule has 222 valence electrons. The fraction of sp³-hybridized carbons (Fsp3) is 0.419. The Morgan fingerprint density at radius 3 is 1.59 bits per heavy atom. The van der Waals surface area contributed by atoms with Crippen molar-refractivity contribution in [1.29, 1.82) is 0 Å². The van der Waals surface area contributed by atoms with E-state index < -0.39 is 20.2 Å². The van der Waals surface area contributed by atoms with E-state index in [0.717, 1.165) is 23.1 Å². The molecule has 3 heterocycles. The molecule has 1 saturated carbocycles. The molecular weight excluding hydrogens is 560 g/mol. The summed E-state index contributed by atoms with van der Waals surface area (Å²) in [6, 6.07) is 24.1. The highest BCUT2D eigenvalue weighted by Crippen LogP contribution is 2.54. The fourth-order valence-corrected chi connectivity index (χ4v) is 6.85. The predicted octanol–water partition coefficient (Wildman–Crippen LogP) is 5.45. The zero-order valence-electron chi connectivity index (χ0n) is 23.8. The number of rotatable bonds is 5. The lowest BCUT2D eigenvalue weighted by Crippen LogP contribution is -2.64. The van der Waals surface area contributed by atoms with Crippen LogP contribution >= 0.6 is 0 Å². The first-order valence-electron chi connectivity index (χ1n) is 13.9. The Bertz CT molecular complexity index is 1420. The zero-order chi connectivity index (χ0) is 29.8. The van der Waals surface area contributed by atoms with Crippen molar-refractivity contribution in [2.45, 2.75) is 73.9 Å². The first-order chi connectivity index (χ1) is 19.3. The summed E-state index contributed by atoms with van der Waals surface area (Å²) >= 11 is 0. The molecule has 3 saturated heterocycles. The minimum Gasteiger partial charge on any atom is -0.305 e. The van der Waals surface area contributed by atoms with E-state index in [-0.39, 0.29) is 9.79 Å². The summed E-state index contributed by atoms with van der Waals surface area (Å²) in [6.07, 6.45) is 5.65. The molecule has 0 unspecified atom stereocenters. The average Bonchev–Trinajstić information content (AvgIpc) is 3.72. The third-order valence-corrected chi connectivity index (χ3v) is 10.1. The Kier molecular flexibility index (Phi) is 9.73. The van der Waals surface area contributed by atoms with Gasteiger partial charge >= 0.3 is 0 Å². The summed E-state index contributed by atoms with van der Waals surface area (Å²) in [5.74, 6) is 0.915. The molecule has 8 nitrogen and oxygen atoms in total. The maximum Gasteiger partial charge on any atom is 0.294 e. The molecule has 0 aromatic heterocycles. The molecule has 1 spiro atoms. The molecule has 3 aromatic rings. The van der Waals surface area contributed by atoms with Crippen LogP contribution in [-0.4, -0.2) is 55.5 Å². The highest BCUT2D eigenvalue weighted by molar-refractivity contribution is 7.86. The zero-order valence-corrected chi connectivity index (χ0v) is 25.4. The van der Waals surface area contributed by atoms with Crippen LogP contribution in [0.15, 0.2) is 88.7 Å². The van der Waals surface area contributed by atoms with Crippen molar-refractivity contribution in [2.24, 2.45) is 5.92 Å². The smallest absolute Gasteiger partial charge is 0.294 e. The highest BCUT2D eigenvalue weighted by atomic mass is 32.2. The molecule has 41 heavy (non-hydrogen) atoms. The van der Waals surface area contributed by atoms with Gasteiger partial charge in [0.1, 0.15) is 0 Å². The molecule has 3 aromatic carbocycles. The largest absolute Gasteiger partial charge is 0.305 e. The highest BCUT2D eigenvalue weighted by Gasteiger charge is 2.60. The quantitative estimate of drug-likeness (QED) is 0.331. The van der Waals surface area contributed by atoms with Crippen LogP contribution in [0.1, 0.15) is 55.3 Å². The molecule has 7 rings (SSSR count). The van der Waals surface area contributed by atoms with Gasteiger partial charge in [-0.1, -0.05) is 65.7 Å². The van der Waals surface area contributed by atoms with E-state index >= 15 is 0 Å². The standard InChI is InChI=1S/C17H24N2.2C7H8O3S/c1-13(14-5-3-2-4-6-14)18-16-15-7-11-19(12-8-15)17(16)9-10-17;2*1-6-2-4-7(5-3-6)11(8,9)10/h2-6,13,15-16,18H,7-12H2,1H3;2*2-5H,1H3,(H,8,9,10)/t13-,16-;;/m1../s1. The van der Waals surface area contributed by atoms with Gasteiger partial charge in [-0.3, -0.25) is 14.0 Å². The maximum absolute atomic E-state index is 10.5. The van der Waals surface area contributed by atoms with E-state index in [1.54, 1.807) is 24.3 Å². The van der Waals surface area contributed by atoms with Crippen LogP contribution in [0.4, 0.5) is 0 Å². The van der Waals surface area contributed by atoms with Crippen molar-refractivity contribution >= 4 is 20.2 Å². The van der Waals surface area contributed by atoms with Crippen molar-refractivity contribution in [2.75, 3.05) is 13.1 Å². The van der Waals surface area contributed by atoms with E-state index in [0.29, 0.717) is 11.6 Å². The van der Waals surface area contributed by atoms with Crippen LogP contribution in [0.3, 0.4) is 0 Å². The third kappa shape index (κ3) is 8.03. The number of hydrogen-bond acceptors (Lipinski definition) is 6. The number of fused-ring (bicyclic) bond motifs is 2. The number of benzene rings is 3. The minimum atomic E-state index is -4.02. The van der Waals surface area contributed by atoms with Gasteiger partial charge in [0.05, 0.1) is 9.79 Å². The molecule has 0 radical (unpaired) electrons. The Labute approximate surface area is 244 Å². The molecule has 4 aliphatic rings. The number of nitrogens with one attached hydrogen (secondary N) is 1. The van der Waals surface area contributed by atoms with Gasteiger partial charge in [0.15, 0.2) is 0 Å². The number of piperidine rings is 3. The second-order valence-corrected chi connectivity index (χ2v) is 14.1. The van der Waals surface area contributed by atoms with Crippen LogP contribution in [0, 0.1) is 19.8 Å². The molecule has 3 aliphatic heterocycles. The number of nitrogens with zero attached hydrogens (tertiary/aromatic N) is 1. The molecule has 10 heteroatoms. The summed E-state index contributed by atoms with van der Waals surface area (Å²) in [6.45, 7) is 8.70. The number of hydrogen-bond donors (Lipinski definition) is 3. The van der Waals surface area contributed by atoms with E-state index in [2.05, 4.69) is 47.5 Å². The normalized spacial score (nSPS) is 23.0. The van der Waals surface area contributed by atoms with Crippen molar-refractivity contribution < 1.29 is 25.9 Å². The predicted molar refractivity (Wildman–Crippen MR) is 160 cm³/mol. The van der Waals surface area contributed by atoms with Crippen molar-refractivity contribution in [3.05, 3.63) is 95.6 Å². The summed E-state index contributed by atoms with van der Waals surface area (Å²) in [5, 5.41) is 3.98. The summed E-state index contributed by atoms with van der Waals surface area (Å²) in [7, 11) is -8.04. The lowest BCUT2D eigenvalue weighted by Gasteiger charge is -2.53. The second kappa shape index (κ2) is 12.7. The average molecular weight is 601 g/mol. The molecule has 4 fully saturated rings. The van der Waals surface area contributed by atoms with E-state index in [9.17, 15) is 16.8 Å². The lowest BCUT2D eigenvalue weighted by molar-refractivity contribution is -0.00655. The molecule has 2 atom stereocenters.